The molecule has 2 aromatic heterocycles. The van der Waals surface area contributed by atoms with Crippen LogP contribution in [0.25, 0.3) is 0 Å². The number of aryl methyl sites for hydroxylation is 10. The molecule has 142 heavy (non-hydrogen) atoms. The van der Waals surface area contributed by atoms with Gasteiger partial charge in [-0.05, 0) is 276 Å². The summed E-state index contributed by atoms with van der Waals surface area (Å²) in [5, 5.41) is 48.0. The van der Waals surface area contributed by atoms with Crippen molar-refractivity contribution in [2.45, 2.75) is 231 Å². The molecule has 760 valence electrons. The standard InChI is InChI=1S/C19H21ClN2O2.C17H20ClNO4.C16H18ClNO4.C15H16ClNO.C12H12ClNO2.C11H12ClNO.C9H8ClIO2.C7H11NO2.CH4O/c1-10-5-6-14-12(3)8-22(19(24)16(14)17(10)20)9-15-11(2)7-13(4)21-18(15)23;1-10-7-8-11(12(13(10)18)14(20)22-6)17(5,9-19)15(21)23-16(2,3)4;1-9-6-7-10(12(13(9)17)15(20)21-5)11(8-18)14(19)22-16(2,3)4;1-11-8-12(2)17-15(14(11)9-16)18-10-13-6-4-3-5-7-13;1-7-4-5-9(8(2)6-14)10(11(7)13)12(15)16-3;1-6-3-4-8-7(2)5-13-11(14)9(8)10(6)12;1-5-3-4-6(11)7(8(5)10)9(12)13-2;1-7(2,3)10-6(9)4-5-8;1-2/h5-7,12H,8-9H2,1-4H3,(H,21,23);7-8H,1-6H3;6-7,11H,1-5H3;3-8H,9-10H2,1-2H3;4-5,8H,1-3H3;3-4,7H,5H2,1-2H3,(H,13,14);3-4H,1-2H3;4H2,1-3H3;2H,1H3. The fourth-order valence-electron chi connectivity index (χ4n) is 13.7. The predicted molar refractivity (Wildman–Crippen MR) is 561 cm³/mol. The normalized spacial score (nSPS) is 13.3. The summed E-state index contributed by atoms with van der Waals surface area (Å²) in [5.74, 6) is -4.47. The van der Waals surface area contributed by atoms with Crippen LogP contribution in [0.15, 0.2) is 120 Å². The second-order valence-electron chi connectivity index (χ2n) is 35.8. The lowest BCUT2D eigenvalue weighted by Gasteiger charge is -2.33. The van der Waals surface area contributed by atoms with E-state index in [-0.39, 0.29) is 62.0 Å². The number of rotatable bonds is 16. The number of nitrogens with zero attached hydrogens (tertiary/aromatic N) is 6. The number of pyridine rings is 2. The van der Waals surface area contributed by atoms with Crippen molar-refractivity contribution in [2.75, 3.05) is 48.6 Å². The molecule has 0 radical (unpaired) electrons. The summed E-state index contributed by atoms with van der Waals surface area (Å²) in [6.45, 7) is 43.5. The number of hydrogen-bond acceptors (Lipinski definition) is 24. The zero-order valence-corrected chi connectivity index (χ0v) is 92.5. The van der Waals surface area contributed by atoms with Crippen molar-refractivity contribution >= 4 is 157 Å². The number of methoxy groups -OCH3 is 4. The number of alkyl halides is 1. The van der Waals surface area contributed by atoms with Crippen LogP contribution in [0.4, 0.5) is 0 Å². The van der Waals surface area contributed by atoms with Gasteiger partial charge in [-0.1, -0.05) is 181 Å². The van der Waals surface area contributed by atoms with E-state index in [0.29, 0.717) is 109 Å². The summed E-state index contributed by atoms with van der Waals surface area (Å²) in [6, 6.07) is 43.1. The van der Waals surface area contributed by atoms with Gasteiger partial charge in [-0.3, -0.25) is 24.0 Å². The number of H-pyrrole nitrogens is 1. The van der Waals surface area contributed by atoms with Crippen molar-refractivity contribution in [3.63, 3.8) is 0 Å². The highest BCUT2D eigenvalue weighted by molar-refractivity contribution is 14.1. The number of aliphatic hydroxyl groups is 1. The zero-order valence-electron chi connectivity index (χ0n) is 85.0. The molecule has 35 heteroatoms. The average molecular weight is 2200 g/mol. The number of halogens is 8. The van der Waals surface area contributed by atoms with Gasteiger partial charge in [0.15, 0.2) is 11.3 Å². The number of hydrogen-bond donors (Lipinski definition) is 3. The van der Waals surface area contributed by atoms with Gasteiger partial charge in [0.05, 0.1) is 135 Å². The Hall–Kier alpha value is -11.7. The van der Waals surface area contributed by atoms with Crippen LogP contribution in [-0.2, 0) is 72.0 Å². The van der Waals surface area contributed by atoms with E-state index in [9.17, 15) is 58.5 Å². The Morgan fingerprint density at radius 1 is 0.528 bits per heavy atom. The molecule has 4 heterocycles. The van der Waals surface area contributed by atoms with Crippen LogP contribution in [0, 0.1) is 118 Å². The summed E-state index contributed by atoms with van der Waals surface area (Å²) < 4.78 is 40.7. The quantitative estimate of drug-likeness (QED) is 0.0350. The molecule has 0 spiro atoms. The molecule has 27 nitrogen and oxygen atoms in total. The fraction of sp³-hybridized carbons (Fsp3) is 0.393. The summed E-state index contributed by atoms with van der Waals surface area (Å²) in [7, 11) is 6.06. The van der Waals surface area contributed by atoms with Crippen LogP contribution in [0.3, 0.4) is 0 Å². The monoisotopic (exact) mass is 2190 g/mol. The topological polar surface area (TPSA) is 404 Å². The predicted octanol–water partition coefficient (Wildman–Crippen LogP) is 24.1. The van der Waals surface area contributed by atoms with E-state index in [2.05, 4.69) is 67.3 Å². The minimum atomic E-state index is -1.69. The summed E-state index contributed by atoms with van der Waals surface area (Å²) in [6.07, 6.45) is -0.169. The van der Waals surface area contributed by atoms with Gasteiger partial charge in [0.1, 0.15) is 29.8 Å². The summed E-state index contributed by atoms with van der Waals surface area (Å²) >= 11 is 44.9. The summed E-state index contributed by atoms with van der Waals surface area (Å²) in [5.41, 5.74) is 12.5. The molecular weight excluding hydrogens is 2080 g/mol. The smallest absolute Gasteiger partial charge is 0.340 e. The van der Waals surface area contributed by atoms with E-state index in [4.69, 9.17) is 125 Å². The van der Waals surface area contributed by atoms with E-state index < -0.39 is 75.8 Å². The first-order valence-corrected chi connectivity index (χ1v) is 48.0. The third kappa shape index (κ3) is 35.2. The fourth-order valence-corrected chi connectivity index (χ4v) is 16.3. The van der Waals surface area contributed by atoms with E-state index in [1.54, 1.807) is 125 Å². The Morgan fingerprint density at radius 2 is 0.965 bits per heavy atom. The minimum absolute atomic E-state index is 0.00377. The van der Waals surface area contributed by atoms with Crippen LogP contribution < -0.4 is 15.6 Å². The van der Waals surface area contributed by atoms with Gasteiger partial charge in [-0.25, -0.2) is 29.0 Å². The van der Waals surface area contributed by atoms with E-state index in [1.807, 2.05) is 139 Å². The van der Waals surface area contributed by atoms with Crippen molar-refractivity contribution in [1.82, 2.24) is 20.2 Å². The molecule has 0 saturated heterocycles. The lowest BCUT2D eigenvalue weighted by molar-refractivity contribution is -0.159. The molecule has 2 aliphatic rings. The molecule has 11 rings (SSSR count). The molecule has 0 saturated carbocycles. The Kier molecular flexibility index (Phi) is 50.0. The molecule has 5 atom stereocenters. The highest BCUT2D eigenvalue weighted by Crippen LogP contribution is 2.40. The largest absolute Gasteiger partial charge is 0.473 e. The number of benzene rings is 7. The van der Waals surface area contributed by atoms with Gasteiger partial charge < -0.3 is 58.2 Å². The lowest BCUT2D eigenvalue weighted by atomic mass is 9.80. The van der Waals surface area contributed by atoms with E-state index in [1.165, 1.54) is 47.5 Å². The van der Waals surface area contributed by atoms with Gasteiger partial charge in [0, 0.05) is 46.3 Å². The van der Waals surface area contributed by atoms with Gasteiger partial charge in [0.25, 0.3) is 17.4 Å². The molecule has 0 aliphatic carbocycles. The molecule has 3 N–H and O–H groups in total. The number of aromatic nitrogens is 2. The number of carbonyl (C=O) groups is 9. The van der Waals surface area contributed by atoms with Gasteiger partial charge >= 0.3 is 41.8 Å². The maximum absolute atomic E-state index is 13.0. The number of ether oxygens (including phenoxy) is 8. The summed E-state index contributed by atoms with van der Waals surface area (Å²) in [4.78, 5) is 128. The Labute approximate surface area is 880 Å². The Balaban J connectivity index is 0.000000421. The number of nitriles is 4. The molecule has 2 amide bonds. The van der Waals surface area contributed by atoms with E-state index >= 15 is 0 Å². The van der Waals surface area contributed by atoms with Crippen molar-refractivity contribution in [1.29, 1.82) is 21.0 Å². The van der Waals surface area contributed by atoms with Crippen molar-refractivity contribution in [2.24, 2.45) is 0 Å². The first kappa shape index (κ1) is 125. The van der Waals surface area contributed by atoms with E-state index in [0.717, 1.165) is 77.7 Å². The highest BCUT2D eigenvalue weighted by Gasteiger charge is 2.44. The first-order chi connectivity index (χ1) is 66.2. The number of nitrogens with one attached hydrogen (secondary N) is 2. The van der Waals surface area contributed by atoms with Gasteiger partial charge in [-0.2, -0.15) is 21.0 Å². The number of aromatic amines is 1. The van der Waals surface area contributed by atoms with Crippen LogP contribution in [-0.4, -0.2) is 139 Å². The second kappa shape index (κ2) is 57.0. The molecule has 9 aromatic rings. The zero-order chi connectivity index (χ0) is 108. The van der Waals surface area contributed by atoms with Crippen molar-refractivity contribution in [3.8, 4) is 30.2 Å². The maximum atomic E-state index is 13.0. The maximum Gasteiger partial charge on any atom is 0.340 e. The SMILES string of the molecule is CC(C)(C)OC(=O)CC#N.CO.COC(=O)c1c(C(C#N)C(=O)OC(C)(C)C)ccc(C)c1Cl.COC(=O)c1c(C(C)(C#N)C(=O)OC(C)(C)C)ccc(C)c1Cl.COC(=O)c1c(C(C)C#N)ccc(C)c1Cl.COC(=O)c1c(I)ccc(C)c1Cl.Cc1cc(C)c(CCl)c(OCc2ccccc2)n1.Cc1cc(C)c(CN2CC(C)c3ccc(C)c(Cl)c3C2=O)c(=O)[nH]1.Cc1ccc2c(c1Cl)C(=O)NCC2C. The van der Waals surface area contributed by atoms with Crippen LogP contribution in [0.2, 0.25) is 30.1 Å². The number of aliphatic hydroxyl groups excluding tert-OH is 1. The highest BCUT2D eigenvalue weighted by atomic mass is 127. The van der Waals surface area contributed by atoms with Crippen LogP contribution in [0.5, 0.6) is 5.88 Å². The molecule has 0 bridgehead atoms. The molecule has 5 unspecified atom stereocenters. The molecule has 2 aliphatic heterocycles. The average Bonchev–Trinajstić information content (AvgIpc) is 0.770. The molecular formula is C107H122Cl7IN8O19. The van der Waals surface area contributed by atoms with Crippen LogP contribution in [0.1, 0.15) is 283 Å². The van der Waals surface area contributed by atoms with Crippen LogP contribution >= 0.6 is 104 Å². The Bertz CT molecular complexity index is 6320. The van der Waals surface area contributed by atoms with Gasteiger partial charge in [0.2, 0.25) is 5.88 Å². The second-order valence-corrected chi connectivity index (χ2v) is 39.5. The number of esters is 7. The number of carbonyl (C=O) groups excluding carboxylic acids is 9. The molecule has 7 aromatic carbocycles. The number of amides is 2. The lowest BCUT2D eigenvalue weighted by Crippen LogP contribution is -2.40. The first-order valence-electron chi connectivity index (χ1n) is 44.2. The van der Waals surface area contributed by atoms with Crippen molar-refractivity contribution in [3.05, 3.63) is 293 Å². The number of fused-ring (bicyclic) bond motifs is 2. The third-order valence-electron chi connectivity index (χ3n) is 21.1. The van der Waals surface area contributed by atoms with Crippen molar-refractivity contribution < 1.29 is 86.2 Å². The third-order valence-corrected chi connectivity index (χ3v) is 25.2. The van der Waals surface area contributed by atoms with Gasteiger partial charge in [-0.15, -0.1) is 11.6 Å². The molecule has 0 fully saturated rings. The minimum Gasteiger partial charge on any atom is -0.473 e. The Morgan fingerprint density at radius 3 is 1.44 bits per heavy atom.